The van der Waals surface area contributed by atoms with Gasteiger partial charge in [-0.1, -0.05) is 39.0 Å². The lowest BCUT2D eigenvalue weighted by molar-refractivity contribution is 0.421. The summed E-state index contributed by atoms with van der Waals surface area (Å²) in [5, 5.41) is 0. The predicted molar refractivity (Wildman–Crippen MR) is 51.5 cm³/mol. The zero-order valence-corrected chi connectivity index (χ0v) is 7.68. The van der Waals surface area contributed by atoms with Crippen LogP contribution in [0.2, 0.25) is 0 Å². The van der Waals surface area contributed by atoms with E-state index in [1.54, 1.807) is 12.1 Å². The maximum Gasteiger partial charge on any atom is 0.119 e. The number of benzene rings is 1. The Morgan fingerprint density at radius 1 is 1.27 bits per heavy atom. The largest absolute Gasteiger partial charge is 0.498 e. The Labute approximate surface area is 77.1 Å². The lowest BCUT2D eigenvalue weighted by Crippen LogP contribution is -2.18. The van der Waals surface area contributed by atoms with Crippen molar-refractivity contribution in [3.63, 3.8) is 0 Å². The van der Waals surface area contributed by atoms with Crippen LogP contribution in [0.4, 0.5) is 0 Å². The third-order valence-electron chi connectivity index (χ3n) is 1.32. The minimum Gasteiger partial charge on any atom is -0.498 e. The first-order valence-corrected chi connectivity index (χ1v) is 3.83. The standard InChI is InChI=1S/C7H5B2BrO/c1-11-7-5(8)2-4(10)3-6(7)9/h2-3H,1H3. The van der Waals surface area contributed by atoms with E-state index in [1.807, 2.05) is 0 Å². The fourth-order valence-electron chi connectivity index (χ4n) is 0.872. The molecule has 1 aromatic rings. The monoisotopic (exact) mass is 206 g/mol. The fourth-order valence-corrected chi connectivity index (χ4v) is 1.37. The zero-order chi connectivity index (χ0) is 8.43. The van der Waals surface area contributed by atoms with Crippen LogP contribution in [0.3, 0.4) is 0 Å². The van der Waals surface area contributed by atoms with Crippen molar-refractivity contribution in [3.05, 3.63) is 16.6 Å². The van der Waals surface area contributed by atoms with Crippen LogP contribution >= 0.6 is 15.9 Å². The van der Waals surface area contributed by atoms with E-state index in [2.05, 4.69) is 15.9 Å². The van der Waals surface area contributed by atoms with Crippen molar-refractivity contribution < 1.29 is 4.74 Å². The van der Waals surface area contributed by atoms with Gasteiger partial charge in [-0.3, -0.25) is 0 Å². The van der Waals surface area contributed by atoms with Gasteiger partial charge in [0.25, 0.3) is 0 Å². The highest BCUT2D eigenvalue weighted by atomic mass is 79.9. The first kappa shape index (κ1) is 8.72. The summed E-state index contributed by atoms with van der Waals surface area (Å²) in [5.41, 5.74) is 1.08. The number of methoxy groups -OCH3 is 1. The van der Waals surface area contributed by atoms with Crippen molar-refractivity contribution in [3.8, 4) is 5.75 Å². The van der Waals surface area contributed by atoms with Crippen LogP contribution in [0.1, 0.15) is 0 Å². The smallest absolute Gasteiger partial charge is 0.119 e. The van der Waals surface area contributed by atoms with Crippen LogP contribution in [-0.4, -0.2) is 22.8 Å². The second-order valence-electron chi connectivity index (χ2n) is 2.12. The summed E-state index contributed by atoms with van der Waals surface area (Å²) in [6.07, 6.45) is 0. The first-order chi connectivity index (χ1) is 5.15. The van der Waals surface area contributed by atoms with Gasteiger partial charge in [0.05, 0.1) is 7.11 Å². The van der Waals surface area contributed by atoms with E-state index in [4.69, 9.17) is 20.4 Å². The van der Waals surface area contributed by atoms with E-state index in [0.717, 1.165) is 4.47 Å². The minimum atomic E-state index is 0.535. The number of hydrogen-bond donors (Lipinski definition) is 0. The van der Waals surface area contributed by atoms with Crippen LogP contribution in [-0.2, 0) is 0 Å². The Kier molecular flexibility index (Phi) is 2.66. The maximum atomic E-state index is 5.60. The highest BCUT2D eigenvalue weighted by Gasteiger charge is 2.01. The summed E-state index contributed by atoms with van der Waals surface area (Å²) in [7, 11) is 12.7. The van der Waals surface area contributed by atoms with Crippen LogP contribution in [0.5, 0.6) is 5.75 Å². The molecule has 0 heterocycles. The highest BCUT2D eigenvalue weighted by Crippen LogP contribution is 2.09. The molecule has 1 nitrogen and oxygen atoms in total. The maximum absolute atomic E-state index is 5.60. The van der Waals surface area contributed by atoms with E-state index in [1.165, 1.54) is 7.11 Å². The molecule has 0 saturated heterocycles. The molecule has 0 amide bonds. The SMILES string of the molecule is [B]c1cc(Br)cc([B])c1OC. The molecule has 0 N–H and O–H groups in total. The third kappa shape index (κ3) is 1.80. The van der Waals surface area contributed by atoms with Crippen molar-refractivity contribution in [2.24, 2.45) is 0 Å². The molecule has 52 valence electrons. The molecule has 4 heteroatoms. The molecule has 4 radical (unpaired) electrons. The van der Waals surface area contributed by atoms with Gasteiger partial charge in [0.2, 0.25) is 0 Å². The highest BCUT2D eigenvalue weighted by molar-refractivity contribution is 9.10. The fraction of sp³-hybridized carbons (Fsp3) is 0.143. The van der Waals surface area contributed by atoms with Crippen molar-refractivity contribution in [1.29, 1.82) is 0 Å². The molecule has 0 fully saturated rings. The molecular weight excluding hydrogens is 202 g/mol. The van der Waals surface area contributed by atoms with E-state index in [9.17, 15) is 0 Å². The van der Waals surface area contributed by atoms with E-state index < -0.39 is 0 Å². The molecule has 0 spiro atoms. The molecule has 0 aromatic heterocycles. The van der Waals surface area contributed by atoms with Gasteiger partial charge in [0.1, 0.15) is 21.4 Å². The van der Waals surface area contributed by atoms with Gasteiger partial charge in [-0.2, -0.15) is 0 Å². The second-order valence-corrected chi connectivity index (χ2v) is 3.03. The zero-order valence-electron chi connectivity index (χ0n) is 6.10. The normalized spacial score (nSPS) is 9.64. The molecule has 0 unspecified atom stereocenters. The molecule has 1 aromatic carbocycles. The molecule has 0 aliphatic rings. The molecule has 1 rings (SSSR count). The predicted octanol–water partition coefficient (Wildman–Crippen LogP) is 0.0453. The van der Waals surface area contributed by atoms with Crippen LogP contribution < -0.4 is 15.7 Å². The average Bonchev–Trinajstić information content (AvgIpc) is 1.85. The third-order valence-corrected chi connectivity index (χ3v) is 1.77. The van der Waals surface area contributed by atoms with E-state index in [0.29, 0.717) is 16.7 Å². The Morgan fingerprint density at radius 3 is 2.09 bits per heavy atom. The van der Waals surface area contributed by atoms with Gasteiger partial charge in [0, 0.05) is 4.47 Å². The minimum absolute atomic E-state index is 0.535. The molecule has 0 aliphatic carbocycles. The molecule has 0 aliphatic heterocycles. The van der Waals surface area contributed by atoms with E-state index in [-0.39, 0.29) is 0 Å². The van der Waals surface area contributed by atoms with Gasteiger partial charge in [-0.15, -0.1) is 0 Å². The first-order valence-electron chi connectivity index (χ1n) is 3.03. The van der Waals surface area contributed by atoms with Crippen LogP contribution in [0.15, 0.2) is 16.6 Å². The van der Waals surface area contributed by atoms with Crippen molar-refractivity contribution in [1.82, 2.24) is 0 Å². The summed E-state index contributed by atoms with van der Waals surface area (Å²) >= 11 is 3.26. The number of halogens is 1. The summed E-state index contributed by atoms with van der Waals surface area (Å²) in [6, 6.07) is 3.49. The van der Waals surface area contributed by atoms with E-state index >= 15 is 0 Å². The van der Waals surface area contributed by atoms with Crippen molar-refractivity contribution >= 4 is 42.5 Å². The lowest BCUT2D eigenvalue weighted by atomic mass is 9.86. The second kappa shape index (κ2) is 3.35. The molecule has 0 bridgehead atoms. The molecule has 0 atom stereocenters. The molecule has 11 heavy (non-hydrogen) atoms. The summed E-state index contributed by atoms with van der Waals surface area (Å²) < 4.78 is 5.81. The topological polar surface area (TPSA) is 9.23 Å². The Morgan fingerprint density at radius 2 is 1.73 bits per heavy atom. The molecule has 0 saturated carbocycles. The summed E-state index contributed by atoms with van der Waals surface area (Å²) in [4.78, 5) is 0. The number of rotatable bonds is 1. The Bertz CT molecular complexity index is 252. The molecular formula is C7H5B2BrO. The Hall–Kier alpha value is -0.370. The van der Waals surface area contributed by atoms with Gasteiger partial charge in [0.15, 0.2) is 0 Å². The van der Waals surface area contributed by atoms with Crippen LogP contribution in [0.25, 0.3) is 0 Å². The van der Waals surface area contributed by atoms with Crippen molar-refractivity contribution in [2.75, 3.05) is 7.11 Å². The van der Waals surface area contributed by atoms with Crippen molar-refractivity contribution in [2.45, 2.75) is 0 Å². The Balaban J connectivity index is 3.25. The van der Waals surface area contributed by atoms with Crippen LogP contribution in [0, 0.1) is 0 Å². The quantitative estimate of drug-likeness (QED) is 0.590. The van der Waals surface area contributed by atoms with Gasteiger partial charge in [-0.05, 0) is 0 Å². The summed E-state index contributed by atoms with van der Waals surface area (Å²) in [6.45, 7) is 0. The van der Waals surface area contributed by atoms with Gasteiger partial charge < -0.3 is 4.74 Å². The number of ether oxygens (including phenoxy) is 1. The number of hydrogen-bond acceptors (Lipinski definition) is 1. The van der Waals surface area contributed by atoms with Gasteiger partial charge in [-0.25, -0.2) is 0 Å². The average molecular weight is 207 g/mol. The summed E-state index contributed by atoms with van der Waals surface area (Å²) in [5.74, 6) is 0.535. The lowest BCUT2D eigenvalue weighted by Gasteiger charge is -2.08. The van der Waals surface area contributed by atoms with Gasteiger partial charge >= 0.3 is 0 Å².